The van der Waals surface area contributed by atoms with E-state index in [1.54, 1.807) is 19.2 Å². The molecule has 0 saturated heterocycles. The van der Waals surface area contributed by atoms with E-state index in [1.165, 1.54) is 19.2 Å². The van der Waals surface area contributed by atoms with Crippen molar-refractivity contribution in [3.05, 3.63) is 46.9 Å². The third-order valence-electron chi connectivity index (χ3n) is 4.82. The number of hydrogen-bond acceptors (Lipinski definition) is 6. The normalized spacial score (nSPS) is 14.2. The molecule has 1 aromatic heterocycles. The molecule has 0 bridgehead atoms. The molecule has 8 heteroatoms. The van der Waals surface area contributed by atoms with Gasteiger partial charge in [-0.25, -0.2) is 9.37 Å². The maximum Gasteiger partial charge on any atom is 0.254 e. The van der Waals surface area contributed by atoms with Crippen molar-refractivity contribution in [2.24, 2.45) is 0 Å². The van der Waals surface area contributed by atoms with Gasteiger partial charge in [-0.2, -0.15) is 5.26 Å². The molecule has 2 aromatic rings. The summed E-state index contributed by atoms with van der Waals surface area (Å²) in [7, 11) is 1.48. The number of amides is 1. The largest absolute Gasteiger partial charge is 0.394 e. The first-order valence-corrected chi connectivity index (χ1v) is 9.35. The number of methoxy groups -OCH3 is 1. The summed E-state index contributed by atoms with van der Waals surface area (Å²) >= 11 is 0. The van der Waals surface area contributed by atoms with Gasteiger partial charge in [0.1, 0.15) is 17.7 Å². The number of nitrogens with one attached hydrogen (secondary N) is 2. The van der Waals surface area contributed by atoms with Crippen LogP contribution in [0.3, 0.4) is 0 Å². The second-order valence-corrected chi connectivity index (χ2v) is 7.05. The molecule has 1 aliphatic rings. The van der Waals surface area contributed by atoms with Crippen LogP contribution < -0.4 is 10.6 Å². The van der Waals surface area contributed by atoms with Gasteiger partial charge in [0.05, 0.1) is 23.8 Å². The third kappa shape index (κ3) is 4.88. The number of nitriles is 1. The van der Waals surface area contributed by atoms with Crippen molar-refractivity contribution in [1.82, 2.24) is 10.3 Å². The molecule has 3 rings (SSSR count). The Morgan fingerprint density at radius 2 is 2.21 bits per heavy atom. The van der Waals surface area contributed by atoms with Crippen molar-refractivity contribution in [2.75, 3.05) is 25.6 Å². The van der Waals surface area contributed by atoms with Crippen molar-refractivity contribution in [1.29, 1.82) is 5.26 Å². The molecule has 1 unspecified atom stereocenters. The summed E-state index contributed by atoms with van der Waals surface area (Å²) in [4.78, 5) is 16.6. The van der Waals surface area contributed by atoms with Gasteiger partial charge in [-0.3, -0.25) is 4.79 Å². The van der Waals surface area contributed by atoms with Crippen LogP contribution >= 0.6 is 0 Å². The van der Waals surface area contributed by atoms with E-state index in [9.17, 15) is 19.6 Å². The molecule has 1 heterocycles. The van der Waals surface area contributed by atoms with E-state index >= 15 is 0 Å². The first-order valence-electron chi connectivity index (χ1n) is 9.35. The zero-order valence-electron chi connectivity index (χ0n) is 16.3. The maximum absolute atomic E-state index is 14.3. The van der Waals surface area contributed by atoms with Gasteiger partial charge in [-0.05, 0) is 49.1 Å². The molecule has 1 aliphatic carbocycles. The SMILES string of the molecule is COC(CO)CNc1ncc(-c2cc(C(=O)NC3CC3)c(F)cc2C)cc1C#N. The summed E-state index contributed by atoms with van der Waals surface area (Å²) in [6, 6.07) is 6.67. The Bertz CT molecular complexity index is 950. The number of carbonyl (C=O) groups is 1. The molecule has 0 radical (unpaired) electrons. The summed E-state index contributed by atoms with van der Waals surface area (Å²) in [5.41, 5.74) is 2.15. The first-order chi connectivity index (χ1) is 14.0. The quantitative estimate of drug-likeness (QED) is 0.630. The minimum Gasteiger partial charge on any atom is -0.394 e. The van der Waals surface area contributed by atoms with E-state index in [0.29, 0.717) is 28.1 Å². The van der Waals surface area contributed by atoms with Crippen LogP contribution in [0.25, 0.3) is 11.1 Å². The highest BCUT2D eigenvalue weighted by Gasteiger charge is 2.25. The summed E-state index contributed by atoms with van der Waals surface area (Å²) < 4.78 is 19.4. The number of aliphatic hydroxyl groups is 1. The minimum atomic E-state index is -0.578. The van der Waals surface area contributed by atoms with Gasteiger partial charge in [0, 0.05) is 31.5 Å². The number of aryl methyl sites for hydroxylation is 1. The highest BCUT2D eigenvalue weighted by molar-refractivity contribution is 5.96. The Morgan fingerprint density at radius 1 is 1.45 bits per heavy atom. The number of aliphatic hydroxyl groups excluding tert-OH is 1. The second-order valence-electron chi connectivity index (χ2n) is 7.05. The topological polar surface area (TPSA) is 107 Å². The van der Waals surface area contributed by atoms with Crippen LogP contribution in [-0.2, 0) is 4.74 Å². The highest BCUT2D eigenvalue weighted by atomic mass is 19.1. The molecular weight excluding hydrogens is 375 g/mol. The lowest BCUT2D eigenvalue weighted by Gasteiger charge is -2.15. The Hall–Kier alpha value is -3.02. The predicted molar refractivity (Wildman–Crippen MR) is 106 cm³/mol. The van der Waals surface area contributed by atoms with Gasteiger partial charge < -0.3 is 20.5 Å². The van der Waals surface area contributed by atoms with E-state index in [0.717, 1.165) is 12.8 Å². The number of hydrogen-bond donors (Lipinski definition) is 3. The Morgan fingerprint density at radius 3 is 2.83 bits per heavy atom. The summed E-state index contributed by atoms with van der Waals surface area (Å²) in [6.45, 7) is 1.86. The number of nitrogens with zero attached hydrogens (tertiary/aromatic N) is 2. The Labute approximate surface area is 168 Å². The average molecular weight is 398 g/mol. The van der Waals surface area contributed by atoms with Crippen LogP contribution in [-0.4, -0.2) is 48.4 Å². The molecule has 1 amide bonds. The van der Waals surface area contributed by atoms with Crippen LogP contribution in [0.4, 0.5) is 10.2 Å². The van der Waals surface area contributed by atoms with E-state index in [-0.39, 0.29) is 24.8 Å². The molecule has 29 heavy (non-hydrogen) atoms. The zero-order valence-corrected chi connectivity index (χ0v) is 16.3. The lowest BCUT2D eigenvalue weighted by molar-refractivity contribution is 0.0581. The lowest BCUT2D eigenvalue weighted by Crippen LogP contribution is -2.26. The van der Waals surface area contributed by atoms with Gasteiger partial charge in [0.2, 0.25) is 0 Å². The van der Waals surface area contributed by atoms with Gasteiger partial charge >= 0.3 is 0 Å². The monoisotopic (exact) mass is 398 g/mol. The van der Waals surface area contributed by atoms with E-state index in [2.05, 4.69) is 21.7 Å². The molecule has 1 fully saturated rings. The predicted octanol–water partition coefficient (Wildman–Crippen LogP) is 2.38. The number of anilines is 1. The molecule has 1 aromatic carbocycles. The average Bonchev–Trinajstić information content (AvgIpc) is 3.52. The van der Waals surface area contributed by atoms with E-state index in [4.69, 9.17) is 4.74 Å². The molecular formula is C21H23FN4O3. The van der Waals surface area contributed by atoms with Crippen molar-refractivity contribution < 1.29 is 19.0 Å². The van der Waals surface area contributed by atoms with Gasteiger partial charge in [-0.15, -0.1) is 0 Å². The van der Waals surface area contributed by atoms with Crippen LogP contribution in [0.5, 0.6) is 0 Å². The van der Waals surface area contributed by atoms with Gasteiger partial charge in [0.15, 0.2) is 0 Å². The first kappa shape index (κ1) is 20.7. The van der Waals surface area contributed by atoms with Crippen LogP contribution in [0.2, 0.25) is 0 Å². The Balaban J connectivity index is 1.89. The fourth-order valence-electron chi connectivity index (χ4n) is 2.92. The van der Waals surface area contributed by atoms with Crippen LogP contribution in [0, 0.1) is 24.1 Å². The van der Waals surface area contributed by atoms with Crippen LogP contribution in [0.1, 0.15) is 34.3 Å². The third-order valence-corrected chi connectivity index (χ3v) is 4.82. The molecule has 3 N–H and O–H groups in total. The smallest absolute Gasteiger partial charge is 0.254 e. The molecule has 1 saturated carbocycles. The second kappa shape index (κ2) is 8.99. The molecule has 0 aliphatic heterocycles. The summed E-state index contributed by atoms with van der Waals surface area (Å²) in [5, 5.41) is 24.5. The number of ether oxygens (including phenoxy) is 1. The van der Waals surface area contributed by atoms with Crippen molar-refractivity contribution in [2.45, 2.75) is 31.9 Å². The molecule has 0 spiro atoms. The molecule has 1 atom stereocenters. The highest BCUT2D eigenvalue weighted by Crippen LogP contribution is 2.29. The van der Waals surface area contributed by atoms with E-state index in [1.807, 2.05) is 0 Å². The fraction of sp³-hybridized carbons (Fsp3) is 0.381. The van der Waals surface area contributed by atoms with Crippen molar-refractivity contribution >= 4 is 11.7 Å². The number of carbonyl (C=O) groups excluding carboxylic acids is 1. The number of rotatable bonds is 8. The standard InChI is InChI=1S/C21H23FN4O3/c1-12-5-19(22)18(21(28)26-15-3-4-15)7-17(12)14-6-13(8-23)20(24-9-14)25-10-16(11-27)29-2/h5-7,9,15-16,27H,3-4,10-11H2,1-2H3,(H,24,25)(H,26,28). The van der Waals surface area contributed by atoms with Gasteiger partial charge in [-0.1, -0.05) is 0 Å². The number of pyridine rings is 1. The number of halogens is 1. The number of aromatic nitrogens is 1. The van der Waals surface area contributed by atoms with Crippen LogP contribution in [0.15, 0.2) is 24.4 Å². The molecule has 152 valence electrons. The van der Waals surface area contributed by atoms with Crippen molar-refractivity contribution in [3.8, 4) is 17.2 Å². The Kier molecular flexibility index (Phi) is 6.42. The number of benzene rings is 1. The zero-order chi connectivity index (χ0) is 21.0. The van der Waals surface area contributed by atoms with Gasteiger partial charge in [0.25, 0.3) is 5.91 Å². The maximum atomic E-state index is 14.3. The summed E-state index contributed by atoms with van der Waals surface area (Å²) in [6.07, 6.45) is 2.97. The van der Waals surface area contributed by atoms with Crippen molar-refractivity contribution in [3.63, 3.8) is 0 Å². The minimum absolute atomic E-state index is 0.0240. The van der Waals surface area contributed by atoms with E-state index < -0.39 is 17.8 Å². The lowest BCUT2D eigenvalue weighted by atomic mass is 9.97. The fourth-order valence-corrected chi connectivity index (χ4v) is 2.92. The molecule has 7 nitrogen and oxygen atoms in total. The summed E-state index contributed by atoms with van der Waals surface area (Å²) in [5.74, 6) is -0.656.